The van der Waals surface area contributed by atoms with E-state index in [2.05, 4.69) is 10.1 Å². The van der Waals surface area contributed by atoms with Crippen LogP contribution in [0.25, 0.3) is 0 Å². The second-order valence-electron chi connectivity index (χ2n) is 5.11. The number of hydrogen-bond donors (Lipinski definition) is 1. The van der Waals surface area contributed by atoms with Gasteiger partial charge in [-0.05, 0) is 51.4 Å². The lowest BCUT2D eigenvalue weighted by molar-refractivity contribution is -0.0505. The Morgan fingerprint density at radius 1 is 1.26 bits per heavy atom. The van der Waals surface area contributed by atoms with Gasteiger partial charge in [-0.1, -0.05) is 6.07 Å². The third kappa shape index (κ3) is 3.80. The fourth-order valence-corrected chi connectivity index (χ4v) is 2.21. The fraction of sp³-hybridized carbons (Fsp3) is 0.571. The summed E-state index contributed by atoms with van der Waals surface area (Å²) in [4.78, 5) is 0. The largest absolute Gasteiger partial charge is 0.487 e. The first-order chi connectivity index (χ1) is 8.98. The average molecular weight is 271 g/mol. The molecule has 0 radical (unpaired) electrons. The van der Waals surface area contributed by atoms with Crippen LogP contribution in [0, 0.1) is 6.92 Å². The maximum absolute atomic E-state index is 12.3. The summed E-state index contributed by atoms with van der Waals surface area (Å²) in [6.45, 7) is 2.77. The van der Waals surface area contributed by atoms with Crippen molar-refractivity contribution in [3.05, 3.63) is 23.8 Å². The van der Waals surface area contributed by atoms with Crippen molar-refractivity contribution < 1.29 is 18.3 Å². The Hall–Kier alpha value is -1.36. The molecule has 2 rings (SSSR count). The number of alkyl halides is 2. The van der Waals surface area contributed by atoms with Gasteiger partial charge in [0.25, 0.3) is 0 Å². The third-order valence-corrected chi connectivity index (χ3v) is 3.40. The van der Waals surface area contributed by atoms with E-state index in [0.29, 0.717) is 11.3 Å². The minimum Gasteiger partial charge on any atom is -0.487 e. The number of piperidine rings is 1. The van der Waals surface area contributed by atoms with E-state index in [1.807, 2.05) is 6.92 Å². The quantitative estimate of drug-likeness (QED) is 0.912. The molecule has 0 unspecified atom stereocenters. The summed E-state index contributed by atoms with van der Waals surface area (Å²) in [5.41, 5.74) is 0.422. The van der Waals surface area contributed by atoms with Crippen LogP contribution in [0.2, 0.25) is 0 Å². The number of halogens is 2. The van der Waals surface area contributed by atoms with Crippen molar-refractivity contribution in [2.45, 2.75) is 38.9 Å². The molecule has 0 atom stereocenters. The van der Waals surface area contributed by atoms with Gasteiger partial charge in [0.2, 0.25) is 0 Å². The summed E-state index contributed by atoms with van der Waals surface area (Å²) in [6, 6.07) is 5.06. The van der Waals surface area contributed by atoms with E-state index in [4.69, 9.17) is 4.74 Å². The molecule has 0 bridgehead atoms. The molecule has 1 N–H and O–H groups in total. The number of hydrogen-bond acceptors (Lipinski definition) is 3. The monoisotopic (exact) mass is 271 g/mol. The molecule has 0 saturated carbocycles. The molecule has 1 aromatic rings. The van der Waals surface area contributed by atoms with Crippen molar-refractivity contribution in [2.24, 2.45) is 0 Å². The standard InChI is InChI=1S/C14H19F2NO2/c1-10-3-4-11(9-12(10)18-13(15)16)19-14(2)5-7-17-8-6-14/h3-4,9,13,17H,5-8H2,1-2H3. The predicted octanol–water partition coefficient (Wildman–Crippen LogP) is 3.12. The van der Waals surface area contributed by atoms with Crippen molar-refractivity contribution in [1.29, 1.82) is 0 Å². The highest BCUT2D eigenvalue weighted by Crippen LogP contribution is 2.30. The summed E-state index contributed by atoms with van der Waals surface area (Å²) < 4.78 is 35.0. The lowest BCUT2D eigenvalue weighted by Crippen LogP contribution is -2.43. The summed E-state index contributed by atoms with van der Waals surface area (Å²) in [7, 11) is 0. The molecule has 0 aliphatic carbocycles. The molecule has 19 heavy (non-hydrogen) atoms. The molecular formula is C14H19F2NO2. The number of ether oxygens (including phenoxy) is 2. The van der Waals surface area contributed by atoms with Crippen molar-refractivity contribution >= 4 is 0 Å². The number of nitrogens with one attached hydrogen (secondary N) is 1. The lowest BCUT2D eigenvalue weighted by atomic mass is 9.94. The average Bonchev–Trinajstić information content (AvgIpc) is 2.33. The highest BCUT2D eigenvalue weighted by atomic mass is 19.3. The van der Waals surface area contributed by atoms with Crippen LogP contribution >= 0.6 is 0 Å². The van der Waals surface area contributed by atoms with Crippen LogP contribution < -0.4 is 14.8 Å². The minimum atomic E-state index is -2.82. The van der Waals surface area contributed by atoms with Crippen LogP contribution in [-0.4, -0.2) is 25.3 Å². The number of benzene rings is 1. The highest BCUT2D eigenvalue weighted by molar-refractivity contribution is 5.40. The van der Waals surface area contributed by atoms with Crippen molar-refractivity contribution in [1.82, 2.24) is 5.32 Å². The van der Waals surface area contributed by atoms with E-state index in [1.165, 1.54) is 6.07 Å². The van der Waals surface area contributed by atoms with Crippen LogP contribution in [-0.2, 0) is 0 Å². The molecule has 1 saturated heterocycles. The molecule has 1 aromatic carbocycles. The van der Waals surface area contributed by atoms with E-state index in [0.717, 1.165) is 25.9 Å². The van der Waals surface area contributed by atoms with Crippen molar-refractivity contribution in [3.8, 4) is 11.5 Å². The van der Waals surface area contributed by atoms with E-state index < -0.39 is 6.61 Å². The predicted molar refractivity (Wildman–Crippen MR) is 68.9 cm³/mol. The summed E-state index contributed by atoms with van der Waals surface area (Å²) in [6.07, 6.45) is 1.79. The first-order valence-corrected chi connectivity index (χ1v) is 6.44. The van der Waals surface area contributed by atoms with Gasteiger partial charge in [-0.25, -0.2) is 0 Å². The molecule has 0 spiro atoms. The zero-order valence-electron chi connectivity index (χ0n) is 11.2. The Balaban J connectivity index is 2.11. The molecule has 1 fully saturated rings. The van der Waals surface area contributed by atoms with E-state index in [1.54, 1.807) is 19.1 Å². The van der Waals surface area contributed by atoms with Crippen LogP contribution in [0.15, 0.2) is 18.2 Å². The van der Waals surface area contributed by atoms with Gasteiger partial charge in [0, 0.05) is 6.07 Å². The van der Waals surface area contributed by atoms with Gasteiger partial charge < -0.3 is 14.8 Å². The fourth-order valence-electron chi connectivity index (χ4n) is 2.21. The van der Waals surface area contributed by atoms with Gasteiger partial charge in [0.05, 0.1) is 0 Å². The Bertz CT molecular complexity index is 431. The van der Waals surface area contributed by atoms with Gasteiger partial charge in [-0.3, -0.25) is 0 Å². The zero-order valence-corrected chi connectivity index (χ0v) is 11.2. The molecule has 3 nitrogen and oxygen atoms in total. The van der Waals surface area contributed by atoms with E-state index >= 15 is 0 Å². The lowest BCUT2D eigenvalue weighted by Gasteiger charge is -2.34. The molecule has 1 heterocycles. The Morgan fingerprint density at radius 3 is 2.58 bits per heavy atom. The van der Waals surface area contributed by atoms with Gasteiger partial charge in [-0.15, -0.1) is 0 Å². The van der Waals surface area contributed by atoms with Crippen LogP contribution in [0.3, 0.4) is 0 Å². The molecular weight excluding hydrogens is 252 g/mol. The number of rotatable bonds is 4. The topological polar surface area (TPSA) is 30.5 Å². The van der Waals surface area contributed by atoms with E-state index in [-0.39, 0.29) is 11.4 Å². The van der Waals surface area contributed by atoms with Crippen LogP contribution in [0.4, 0.5) is 8.78 Å². The first-order valence-electron chi connectivity index (χ1n) is 6.44. The van der Waals surface area contributed by atoms with Crippen LogP contribution in [0.5, 0.6) is 11.5 Å². The Morgan fingerprint density at radius 2 is 1.95 bits per heavy atom. The highest BCUT2D eigenvalue weighted by Gasteiger charge is 2.28. The Labute approximate surface area is 111 Å². The Kier molecular flexibility index (Phi) is 4.24. The molecule has 5 heteroatoms. The van der Waals surface area contributed by atoms with Gasteiger partial charge >= 0.3 is 6.61 Å². The second kappa shape index (κ2) is 5.74. The maximum Gasteiger partial charge on any atom is 0.387 e. The third-order valence-electron chi connectivity index (χ3n) is 3.40. The van der Waals surface area contributed by atoms with Crippen molar-refractivity contribution in [3.63, 3.8) is 0 Å². The van der Waals surface area contributed by atoms with Gasteiger partial charge in [-0.2, -0.15) is 8.78 Å². The van der Waals surface area contributed by atoms with Gasteiger partial charge in [0.15, 0.2) is 0 Å². The zero-order chi connectivity index (χ0) is 13.9. The summed E-state index contributed by atoms with van der Waals surface area (Å²) in [5, 5.41) is 3.27. The molecule has 1 aliphatic heterocycles. The normalized spacial score (nSPS) is 18.4. The summed E-state index contributed by atoms with van der Waals surface area (Å²) >= 11 is 0. The smallest absolute Gasteiger partial charge is 0.387 e. The SMILES string of the molecule is Cc1ccc(OC2(C)CCNCC2)cc1OC(F)F. The molecule has 0 amide bonds. The molecule has 1 aliphatic rings. The first kappa shape index (κ1) is 14.1. The molecule has 106 valence electrons. The van der Waals surface area contributed by atoms with E-state index in [9.17, 15) is 8.78 Å². The number of aryl methyl sites for hydroxylation is 1. The van der Waals surface area contributed by atoms with Crippen molar-refractivity contribution in [2.75, 3.05) is 13.1 Å². The van der Waals surface area contributed by atoms with Crippen LogP contribution in [0.1, 0.15) is 25.3 Å². The summed E-state index contributed by atoms with van der Waals surface area (Å²) in [5.74, 6) is 0.746. The maximum atomic E-state index is 12.3. The van der Waals surface area contributed by atoms with Gasteiger partial charge in [0.1, 0.15) is 17.1 Å². The minimum absolute atomic E-state index is 0.171. The molecule has 0 aromatic heterocycles. The second-order valence-corrected chi connectivity index (χ2v) is 5.11.